The van der Waals surface area contributed by atoms with Crippen LogP contribution < -0.4 is 5.32 Å². The fourth-order valence-corrected chi connectivity index (χ4v) is 1.59. The summed E-state index contributed by atoms with van der Waals surface area (Å²) in [6.45, 7) is 9.55. The van der Waals surface area contributed by atoms with E-state index < -0.39 is 17.7 Å². The lowest BCUT2D eigenvalue weighted by atomic mass is 10.1. The molecule has 0 bridgehead atoms. The van der Waals surface area contributed by atoms with Crippen molar-refractivity contribution in [3.8, 4) is 0 Å². The first-order chi connectivity index (χ1) is 10.2. The summed E-state index contributed by atoms with van der Waals surface area (Å²) in [6, 6.07) is 6.50. The van der Waals surface area contributed by atoms with Crippen LogP contribution in [0, 0.1) is 0 Å². The lowest BCUT2D eigenvalue weighted by Gasteiger charge is -2.21. The SMILES string of the molecule is C.CC(C)(C)OC(=O)NC(C=O)Cc1ccc(Cl)cc1.CCC. The van der Waals surface area contributed by atoms with Crippen molar-refractivity contribution in [2.75, 3.05) is 0 Å². The number of nitrogens with one attached hydrogen (secondary N) is 1. The van der Waals surface area contributed by atoms with Gasteiger partial charge in [-0.2, -0.15) is 0 Å². The molecule has 0 saturated carbocycles. The summed E-state index contributed by atoms with van der Waals surface area (Å²) >= 11 is 5.78. The van der Waals surface area contributed by atoms with Crippen molar-refractivity contribution in [1.82, 2.24) is 5.32 Å². The highest BCUT2D eigenvalue weighted by atomic mass is 35.5. The fourth-order valence-electron chi connectivity index (χ4n) is 1.47. The number of alkyl carbamates (subject to hydrolysis) is 1. The molecule has 1 aromatic rings. The van der Waals surface area contributed by atoms with Gasteiger partial charge in [-0.1, -0.05) is 51.4 Å². The predicted molar refractivity (Wildman–Crippen MR) is 97.1 cm³/mol. The second kappa shape index (κ2) is 11.9. The molecule has 0 saturated heterocycles. The van der Waals surface area contributed by atoms with Crippen LogP contribution in [-0.4, -0.2) is 24.0 Å². The summed E-state index contributed by atoms with van der Waals surface area (Å²) in [6.07, 6.45) is 1.75. The molecule has 0 fully saturated rings. The first kappa shape index (κ1) is 23.7. The zero-order valence-electron chi connectivity index (χ0n) is 14.0. The minimum atomic E-state index is -0.615. The third-order valence-corrected chi connectivity index (χ3v) is 2.49. The van der Waals surface area contributed by atoms with E-state index in [4.69, 9.17) is 16.3 Å². The van der Waals surface area contributed by atoms with Gasteiger partial charge in [0.1, 0.15) is 11.9 Å². The molecule has 0 heterocycles. The Hall–Kier alpha value is -1.55. The molecule has 1 N–H and O–H groups in total. The normalized spacial score (nSPS) is 11.2. The van der Waals surface area contributed by atoms with Gasteiger partial charge in [0.15, 0.2) is 0 Å². The van der Waals surface area contributed by atoms with Crippen molar-refractivity contribution in [3.05, 3.63) is 34.9 Å². The van der Waals surface area contributed by atoms with Gasteiger partial charge < -0.3 is 14.8 Å². The van der Waals surface area contributed by atoms with Gasteiger partial charge in [-0.05, 0) is 44.9 Å². The average molecular weight is 344 g/mol. The Morgan fingerprint density at radius 2 is 1.74 bits per heavy atom. The highest BCUT2D eigenvalue weighted by Gasteiger charge is 2.19. The summed E-state index contributed by atoms with van der Waals surface area (Å²) in [7, 11) is 0. The molecule has 0 aliphatic rings. The van der Waals surface area contributed by atoms with Gasteiger partial charge in [-0.15, -0.1) is 0 Å². The molecule has 1 amide bonds. The van der Waals surface area contributed by atoms with Crippen LogP contribution in [0.5, 0.6) is 0 Å². The van der Waals surface area contributed by atoms with E-state index in [9.17, 15) is 9.59 Å². The molecule has 1 unspecified atom stereocenters. The first-order valence-corrected chi connectivity index (χ1v) is 7.78. The molecule has 0 aromatic heterocycles. The largest absolute Gasteiger partial charge is 0.444 e. The Bertz CT molecular complexity index is 452. The molecular weight excluding hydrogens is 314 g/mol. The van der Waals surface area contributed by atoms with Gasteiger partial charge in [0, 0.05) is 5.02 Å². The van der Waals surface area contributed by atoms with E-state index in [1.54, 1.807) is 32.9 Å². The van der Waals surface area contributed by atoms with Crippen molar-refractivity contribution in [2.45, 2.75) is 66.5 Å². The van der Waals surface area contributed by atoms with Crippen LogP contribution in [0.15, 0.2) is 24.3 Å². The molecule has 0 spiro atoms. The molecule has 0 radical (unpaired) electrons. The van der Waals surface area contributed by atoms with E-state index in [1.165, 1.54) is 6.42 Å². The molecule has 0 aliphatic carbocycles. The van der Waals surface area contributed by atoms with E-state index in [2.05, 4.69) is 19.2 Å². The van der Waals surface area contributed by atoms with Crippen LogP contribution in [-0.2, 0) is 16.0 Å². The summed E-state index contributed by atoms with van der Waals surface area (Å²) in [5, 5.41) is 3.16. The minimum absolute atomic E-state index is 0. The number of aldehydes is 1. The van der Waals surface area contributed by atoms with Crippen LogP contribution in [0.2, 0.25) is 5.02 Å². The van der Waals surface area contributed by atoms with E-state index in [1.807, 2.05) is 12.1 Å². The number of hydrogen-bond acceptors (Lipinski definition) is 3. The highest BCUT2D eigenvalue weighted by molar-refractivity contribution is 6.30. The second-order valence-corrected chi connectivity index (χ2v) is 6.36. The van der Waals surface area contributed by atoms with Crippen molar-refractivity contribution in [2.24, 2.45) is 0 Å². The van der Waals surface area contributed by atoms with E-state index in [0.29, 0.717) is 17.7 Å². The molecular formula is C18H30ClNO3. The van der Waals surface area contributed by atoms with Crippen LogP contribution >= 0.6 is 11.6 Å². The van der Waals surface area contributed by atoms with Gasteiger partial charge in [-0.25, -0.2) is 4.79 Å². The molecule has 5 heteroatoms. The summed E-state index contributed by atoms with van der Waals surface area (Å²) in [5.41, 5.74) is 0.329. The van der Waals surface area contributed by atoms with Crippen molar-refractivity contribution in [1.29, 1.82) is 0 Å². The zero-order chi connectivity index (χ0) is 17.2. The van der Waals surface area contributed by atoms with Gasteiger partial charge in [0.05, 0.1) is 6.04 Å². The lowest BCUT2D eigenvalue weighted by molar-refractivity contribution is -0.109. The lowest BCUT2D eigenvalue weighted by Crippen LogP contribution is -2.41. The Morgan fingerprint density at radius 1 is 1.26 bits per heavy atom. The third kappa shape index (κ3) is 12.7. The van der Waals surface area contributed by atoms with E-state index in [0.717, 1.165) is 5.56 Å². The quantitative estimate of drug-likeness (QED) is 0.780. The van der Waals surface area contributed by atoms with Gasteiger partial charge in [0.2, 0.25) is 0 Å². The summed E-state index contributed by atoms with van der Waals surface area (Å²) < 4.78 is 5.10. The Balaban J connectivity index is 0. The predicted octanol–water partition coefficient (Wildman–Crippen LogP) is 5.03. The van der Waals surface area contributed by atoms with Crippen molar-refractivity contribution >= 4 is 24.0 Å². The number of carbonyl (C=O) groups excluding carboxylic acids is 2. The van der Waals surface area contributed by atoms with Crippen LogP contribution in [0.1, 0.15) is 54.0 Å². The number of halogens is 1. The smallest absolute Gasteiger partial charge is 0.408 e. The zero-order valence-corrected chi connectivity index (χ0v) is 14.7. The number of hydrogen-bond donors (Lipinski definition) is 1. The number of carbonyl (C=O) groups is 2. The van der Waals surface area contributed by atoms with Gasteiger partial charge in [-0.3, -0.25) is 0 Å². The molecule has 0 aliphatic heterocycles. The maximum absolute atomic E-state index is 11.6. The summed E-state index contributed by atoms with van der Waals surface area (Å²) in [4.78, 5) is 22.5. The van der Waals surface area contributed by atoms with E-state index >= 15 is 0 Å². The molecule has 4 nitrogen and oxygen atoms in total. The molecule has 1 rings (SSSR count). The topological polar surface area (TPSA) is 55.4 Å². The maximum Gasteiger partial charge on any atom is 0.408 e. The van der Waals surface area contributed by atoms with E-state index in [-0.39, 0.29) is 7.43 Å². The maximum atomic E-state index is 11.6. The van der Waals surface area contributed by atoms with Crippen LogP contribution in [0.3, 0.4) is 0 Å². The Kier molecular flexibility index (Phi) is 12.3. The fraction of sp³-hybridized carbons (Fsp3) is 0.556. The number of ether oxygens (including phenoxy) is 1. The van der Waals surface area contributed by atoms with Crippen LogP contribution in [0.4, 0.5) is 4.79 Å². The number of benzene rings is 1. The molecule has 132 valence electrons. The number of amides is 1. The van der Waals surface area contributed by atoms with Crippen molar-refractivity contribution in [3.63, 3.8) is 0 Å². The van der Waals surface area contributed by atoms with Gasteiger partial charge >= 0.3 is 6.09 Å². The number of rotatable bonds is 4. The monoisotopic (exact) mass is 343 g/mol. The van der Waals surface area contributed by atoms with Crippen molar-refractivity contribution < 1.29 is 14.3 Å². The Morgan fingerprint density at radius 3 is 2.13 bits per heavy atom. The van der Waals surface area contributed by atoms with Gasteiger partial charge in [0.25, 0.3) is 0 Å². The molecule has 23 heavy (non-hydrogen) atoms. The van der Waals surface area contributed by atoms with Crippen LogP contribution in [0.25, 0.3) is 0 Å². The first-order valence-electron chi connectivity index (χ1n) is 7.41. The molecule has 1 aromatic carbocycles. The summed E-state index contributed by atoms with van der Waals surface area (Å²) in [5.74, 6) is 0. The average Bonchev–Trinajstić information content (AvgIpc) is 2.39. The highest BCUT2D eigenvalue weighted by Crippen LogP contribution is 2.11. The minimum Gasteiger partial charge on any atom is -0.444 e. The Labute approximate surface area is 145 Å². The third-order valence-electron chi connectivity index (χ3n) is 2.24. The standard InChI is InChI=1S/C14H18ClNO3.C3H8.CH4/c1-14(2,3)19-13(18)16-12(9-17)8-10-4-6-11(15)7-5-10;1-3-2;/h4-7,9,12H,8H2,1-3H3,(H,16,18);3H2,1-2H3;1H4. The molecule has 1 atom stereocenters. The second-order valence-electron chi connectivity index (χ2n) is 5.93.